The van der Waals surface area contributed by atoms with E-state index in [1.165, 1.54) is 12.1 Å². The van der Waals surface area contributed by atoms with Crippen LogP contribution in [0.25, 0.3) is 0 Å². The van der Waals surface area contributed by atoms with E-state index in [0.717, 1.165) is 17.6 Å². The van der Waals surface area contributed by atoms with E-state index in [2.05, 4.69) is 4.72 Å². The van der Waals surface area contributed by atoms with Crippen molar-refractivity contribution in [3.63, 3.8) is 0 Å². The normalized spacial score (nSPS) is 12.9. The molecule has 0 aromatic carbocycles. The zero-order chi connectivity index (χ0) is 11.7. The average Bonchev–Trinajstić information content (AvgIpc) is 2.45. The van der Waals surface area contributed by atoms with Crippen molar-refractivity contribution in [3.05, 3.63) is 17.0 Å². The standard InChI is InChI=1S/C6H8ClNO4S3/c1-14(9,10)8-4-5-2-3-6(13-5)15(7,11)12/h2-3,8H,4H2,1H3. The Morgan fingerprint density at radius 1 is 1.33 bits per heavy atom. The van der Waals surface area contributed by atoms with Crippen LogP contribution < -0.4 is 4.72 Å². The summed E-state index contributed by atoms with van der Waals surface area (Å²) >= 11 is 0.934. The van der Waals surface area contributed by atoms with Crippen molar-refractivity contribution in [3.8, 4) is 0 Å². The molecule has 1 heterocycles. The molecule has 0 unspecified atom stereocenters. The number of hydrogen-bond donors (Lipinski definition) is 1. The Hall–Kier alpha value is -0.150. The summed E-state index contributed by atoms with van der Waals surface area (Å²) in [5.41, 5.74) is 0. The summed E-state index contributed by atoms with van der Waals surface area (Å²) < 4.78 is 45.5. The summed E-state index contributed by atoms with van der Waals surface area (Å²) in [6, 6.07) is 2.85. The van der Waals surface area contributed by atoms with E-state index in [4.69, 9.17) is 10.7 Å². The first-order chi connectivity index (χ1) is 6.68. The van der Waals surface area contributed by atoms with E-state index >= 15 is 0 Å². The molecule has 0 aliphatic heterocycles. The molecule has 1 N–H and O–H groups in total. The number of rotatable bonds is 4. The lowest BCUT2D eigenvalue weighted by atomic mass is 10.5. The predicted molar refractivity (Wildman–Crippen MR) is 59.0 cm³/mol. The summed E-state index contributed by atoms with van der Waals surface area (Å²) in [4.78, 5) is 0.583. The molecule has 0 bridgehead atoms. The minimum atomic E-state index is -3.72. The SMILES string of the molecule is CS(=O)(=O)NCc1ccc(S(=O)(=O)Cl)s1. The zero-order valence-electron chi connectivity index (χ0n) is 7.60. The van der Waals surface area contributed by atoms with Gasteiger partial charge in [-0.25, -0.2) is 21.6 Å². The molecule has 5 nitrogen and oxygen atoms in total. The highest BCUT2D eigenvalue weighted by Crippen LogP contribution is 2.24. The highest BCUT2D eigenvalue weighted by Gasteiger charge is 2.13. The molecule has 0 radical (unpaired) electrons. The van der Waals surface area contributed by atoms with Crippen LogP contribution in [0, 0.1) is 0 Å². The van der Waals surface area contributed by atoms with E-state index in [0.29, 0.717) is 4.88 Å². The second-order valence-electron chi connectivity index (χ2n) is 2.75. The van der Waals surface area contributed by atoms with Gasteiger partial charge in [0.15, 0.2) is 0 Å². The van der Waals surface area contributed by atoms with Gasteiger partial charge in [0.1, 0.15) is 4.21 Å². The molecular formula is C6H8ClNO4S3. The van der Waals surface area contributed by atoms with Gasteiger partial charge in [0.25, 0.3) is 9.05 Å². The Kier molecular flexibility index (Phi) is 3.77. The van der Waals surface area contributed by atoms with E-state index < -0.39 is 19.1 Å². The molecule has 1 aromatic heterocycles. The molecule has 86 valence electrons. The van der Waals surface area contributed by atoms with Crippen molar-refractivity contribution >= 4 is 41.1 Å². The van der Waals surface area contributed by atoms with Crippen LogP contribution in [0.3, 0.4) is 0 Å². The topological polar surface area (TPSA) is 80.3 Å². The minimum absolute atomic E-state index is 0.00877. The molecule has 0 aliphatic rings. The molecule has 0 amide bonds. The Labute approximate surface area is 96.5 Å². The lowest BCUT2D eigenvalue weighted by Crippen LogP contribution is -2.20. The average molecular weight is 290 g/mol. The fourth-order valence-corrected chi connectivity index (χ4v) is 3.36. The van der Waals surface area contributed by atoms with Crippen molar-refractivity contribution < 1.29 is 16.8 Å². The van der Waals surface area contributed by atoms with Crippen LogP contribution in [0.4, 0.5) is 0 Å². The van der Waals surface area contributed by atoms with Crippen LogP contribution in [0.5, 0.6) is 0 Å². The van der Waals surface area contributed by atoms with Gasteiger partial charge < -0.3 is 0 Å². The maximum atomic E-state index is 10.9. The van der Waals surface area contributed by atoms with E-state index in [-0.39, 0.29) is 10.8 Å². The van der Waals surface area contributed by atoms with Gasteiger partial charge in [0.2, 0.25) is 10.0 Å². The molecule has 0 fully saturated rings. The fourth-order valence-electron chi connectivity index (χ4n) is 0.787. The summed E-state index contributed by atoms with van der Waals surface area (Å²) in [5.74, 6) is 0. The van der Waals surface area contributed by atoms with Crippen LogP contribution in [-0.4, -0.2) is 23.1 Å². The number of halogens is 1. The summed E-state index contributed by atoms with van der Waals surface area (Å²) in [6.45, 7) is 0.0654. The van der Waals surface area contributed by atoms with Crippen LogP contribution in [-0.2, 0) is 25.6 Å². The van der Waals surface area contributed by atoms with Crippen molar-refractivity contribution in [1.82, 2.24) is 4.72 Å². The third kappa shape index (κ3) is 4.47. The first-order valence-corrected chi connectivity index (χ1v) is 8.68. The Balaban J connectivity index is 2.79. The molecule has 0 saturated heterocycles. The van der Waals surface area contributed by atoms with Gasteiger partial charge in [-0.2, -0.15) is 0 Å². The molecule has 1 rings (SSSR count). The molecule has 0 atom stereocenters. The Morgan fingerprint density at radius 3 is 2.33 bits per heavy atom. The van der Waals surface area contributed by atoms with Gasteiger partial charge in [-0.3, -0.25) is 0 Å². The highest BCUT2D eigenvalue weighted by atomic mass is 35.7. The summed E-state index contributed by atoms with van der Waals surface area (Å²) in [7, 11) is -1.89. The number of nitrogens with one attached hydrogen (secondary N) is 1. The first kappa shape index (κ1) is 12.9. The van der Waals surface area contributed by atoms with Gasteiger partial charge in [0.05, 0.1) is 6.26 Å². The molecule has 0 spiro atoms. The largest absolute Gasteiger partial charge is 0.270 e. The maximum absolute atomic E-state index is 10.9. The second kappa shape index (κ2) is 4.38. The van der Waals surface area contributed by atoms with Crippen LogP contribution in [0.1, 0.15) is 4.88 Å². The van der Waals surface area contributed by atoms with Crippen molar-refractivity contribution in [2.45, 2.75) is 10.8 Å². The Morgan fingerprint density at radius 2 is 1.93 bits per heavy atom. The number of hydrogen-bond acceptors (Lipinski definition) is 5. The third-order valence-electron chi connectivity index (χ3n) is 1.39. The third-order valence-corrected chi connectivity index (χ3v) is 5.23. The zero-order valence-corrected chi connectivity index (χ0v) is 10.8. The molecule has 15 heavy (non-hydrogen) atoms. The highest BCUT2D eigenvalue weighted by molar-refractivity contribution is 8.15. The van der Waals surface area contributed by atoms with Crippen molar-refractivity contribution in [2.75, 3.05) is 6.26 Å². The molecule has 9 heteroatoms. The molecule has 0 aliphatic carbocycles. The van der Waals surface area contributed by atoms with E-state index in [1.807, 2.05) is 0 Å². The first-order valence-electron chi connectivity index (χ1n) is 3.66. The number of thiophene rings is 1. The predicted octanol–water partition coefficient (Wildman–Crippen LogP) is 0.725. The van der Waals surface area contributed by atoms with Gasteiger partial charge in [-0.1, -0.05) is 0 Å². The van der Waals surface area contributed by atoms with Gasteiger partial charge in [0, 0.05) is 22.1 Å². The van der Waals surface area contributed by atoms with Gasteiger partial charge >= 0.3 is 0 Å². The van der Waals surface area contributed by atoms with Crippen LogP contribution >= 0.6 is 22.0 Å². The summed E-state index contributed by atoms with van der Waals surface area (Å²) in [6.07, 6.45) is 1.03. The van der Waals surface area contributed by atoms with Crippen molar-refractivity contribution in [2.24, 2.45) is 0 Å². The maximum Gasteiger partial charge on any atom is 0.270 e. The van der Waals surface area contributed by atoms with Crippen molar-refractivity contribution in [1.29, 1.82) is 0 Å². The fraction of sp³-hybridized carbons (Fsp3) is 0.333. The summed E-state index contributed by atoms with van der Waals surface area (Å²) in [5, 5.41) is 0. The van der Waals surface area contributed by atoms with Gasteiger partial charge in [-0.15, -0.1) is 11.3 Å². The molecular weight excluding hydrogens is 282 g/mol. The monoisotopic (exact) mass is 289 g/mol. The van der Waals surface area contributed by atoms with Crippen LogP contribution in [0.2, 0.25) is 0 Å². The minimum Gasteiger partial charge on any atom is -0.213 e. The van der Waals surface area contributed by atoms with E-state index in [9.17, 15) is 16.8 Å². The lowest BCUT2D eigenvalue weighted by molar-refractivity contribution is 0.588. The molecule has 1 aromatic rings. The quantitative estimate of drug-likeness (QED) is 0.829. The van der Waals surface area contributed by atoms with E-state index in [1.54, 1.807) is 0 Å². The Bertz CT molecular complexity index is 545. The molecule has 0 saturated carbocycles. The smallest absolute Gasteiger partial charge is 0.213 e. The van der Waals surface area contributed by atoms with Crippen LogP contribution in [0.15, 0.2) is 16.3 Å². The lowest BCUT2D eigenvalue weighted by Gasteiger charge is -1.97. The van der Waals surface area contributed by atoms with Gasteiger partial charge in [-0.05, 0) is 12.1 Å². The number of sulfonamides is 1. The second-order valence-corrected chi connectivity index (χ2v) is 8.55.